The average Bonchev–Trinajstić information content (AvgIpc) is 3.15. The Hall–Kier alpha value is -2.45. The normalized spacial score (nSPS) is 11.0. The van der Waals surface area contributed by atoms with Crippen molar-refractivity contribution in [1.29, 1.82) is 0 Å². The maximum Gasteiger partial charge on any atom is 0.348 e. The number of carbonyl (C=O) groups is 3. The van der Waals surface area contributed by atoms with Crippen molar-refractivity contribution >= 4 is 59.9 Å². The highest BCUT2D eigenvalue weighted by Crippen LogP contribution is 2.39. The van der Waals surface area contributed by atoms with Gasteiger partial charge < -0.3 is 15.4 Å². The molecule has 3 aromatic rings. The zero-order valence-electron chi connectivity index (χ0n) is 14.3. The molecule has 2 N–H and O–H groups in total. The van der Waals surface area contributed by atoms with Gasteiger partial charge in [0.1, 0.15) is 4.88 Å². The molecule has 2 aromatic heterocycles. The predicted octanol–water partition coefficient (Wildman–Crippen LogP) is 2.91. The second kappa shape index (κ2) is 7.84. The third kappa shape index (κ3) is 4.20. The Bertz CT molecular complexity index is 974. The van der Waals surface area contributed by atoms with E-state index in [1.165, 1.54) is 16.0 Å². The molecule has 136 valence electrons. The van der Waals surface area contributed by atoms with E-state index in [9.17, 15) is 14.4 Å². The standard InChI is InChI=1S/C18H18N2O4S2/c1-10(2)20-15(21)8-19-16(22)9-24-18(23)14-7-13-17(26-14)11-5-3-4-6-12(11)25-13/h3-7,10H,8-9H2,1-2H3,(H,19,22)(H,20,21). The molecule has 2 amide bonds. The van der Waals surface area contributed by atoms with Crippen LogP contribution in [0.3, 0.4) is 0 Å². The van der Waals surface area contributed by atoms with Gasteiger partial charge in [-0.3, -0.25) is 9.59 Å². The molecule has 6 nitrogen and oxygen atoms in total. The summed E-state index contributed by atoms with van der Waals surface area (Å²) in [5, 5.41) is 6.19. The van der Waals surface area contributed by atoms with E-state index in [2.05, 4.69) is 10.6 Å². The number of hydrogen-bond acceptors (Lipinski definition) is 6. The number of rotatable bonds is 6. The number of ether oxygens (including phenoxy) is 1. The highest BCUT2D eigenvalue weighted by atomic mass is 32.1. The summed E-state index contributed by atoms with van der Waals surface area (Å²) in [5.41, 5.74) is 0. The second-order valence-corrected chi connectivity index (χ2v) is 8.11. The molecule has 2 heterocycles. The lowest BCUT2D eigenvalue weighted by Crippen LogP contribution is -2.41. The summed E-state index contributed by atoms with van der Waals surface area (Å²) < 4.78 is 8.29. The molecule has 0 spiro atoms. The van der Waals surface area contributed by atoms with Gasteiger partial charge in [0.25, 0.3) is 5.91 Å². The van der Waals surface area contributed by atoms with Gasteiger partial charge in [0.2, 0.25) is 5.91 Å². The van der Waals surface area contributed by atoms with Crippen LogP contribution in [0.5, 0.6) is 0 Å². The van der Waals surface area contributed by atoms with Crippen LogP contribution in [0.15, 0.2) is 30.3 Å². The van der Waals surface area contributed by atoms with Crippen LogP contribution in [0, 0.1) is 0 Å². The molecule has 0 aliphatic heterocycles. The molecular weight excluding hydrogens is 372 g/mol. The Morgan fingerprint density at radius 1 is 1.08 bits per heavy atom. The Labute approximate surface area is 158 Å². The molecule has 0 fully saturated rings. The first-order chi connectivity index (χ1) is 12.4. The number of nitrogens with one attached hydrogen (secondary N) is 2. The summed E-state index contributed by atoms with van der Waals surface area (Å²) in [5.74, 6) is -1.34. The van der Waals surface area contributed by atoms with Crippen LogP contribution in [-0.4, -0.2) is 37.0 Å². The van der Waals surface area contributed by atoms with Crippen molar-refractivity contribution in [2.45, 2.75) is 19.9 Å². The Kier molecular flexibility index (Phi) is 5.53. The van der Waals surface area contributed by atoms with Crippen molar-refractivity contribution in [3.8, 4) is 0 Å². The maximum absolute atomic E-state index is 12.2. The largest absolute Gasteiger partial charge is 0.451 e. The van der Waals surface area contributed by atoms with Gasteiger partial charge in [0, 0.05) is 20.8 Å². The minimum Gasteiger partial charge on any atom is -0.451 e. The van der Waals surface area contributed by atoms with E-state index in [0.717, 1.165) is 14.8 Å². The van der Waals surface area contributed by atoms with E-state index in [4.69, 9.17) is 4.74 Å². The van der Waals surface area contributed by atoms with E-state index in [1.807, 2.05) is 38.1 Å². The molecule has 8 heteroatoms. The van der Waals surface area contributed by atoms with E-state index in [1.54, 1.807) is 17.4 Å². The van der Waals surface area contributed by atoms with E-state index in [-0.39, 0.29) is 18.5 Å². The molecular formula is C18H18N2O4S2. The molecule has 0 saturated carbocycles. The van der Waals surface area contributed by atoms with Crippen molar-refractivity contribution in [1.82, 2.24) is 10.6 Å². The number of hydrogen-bond donors (Lipinski definition) is 2. The zero-order chi connectivity index (χ0) is 18.7. The van der Waals surface area contributed by atoms with Gasteiger partial charge in [-0.1, -0.05) is 18.2 Å². The van der Waals surface area contributed by atoms with Crippen molar-refractivity contribution in [3.05, 3.63) is 35.2 Å². The SMILES string of the molecule is CC(C)NC(=O)CNC(=O)COC(=O)c1cc2sc3ccccc3c2s1. The molecule has 1 aromatic carbocycles. The third-order valence-electron chi connectivity index (χ3n) is 3.48. The molecule has 0 radical (unpaired) electrons. The van der Waals surface area contributed by atoms with Crippen LogP contribution in [-0.2, 0) is 14.3 Å². The fourth-order valence-corrected chi connectivity index (χ4v) is 4.82. The van der Waals surface area contributed by atoms with Crippen LogP contribution in [0.1, 0.15) is 23.5 Å². The van der Waals surface area contributed by atoms with E-state index < -0.39 is 18.5 Å². The summed E-state index contributed by atoms with van der Waals surface area (Å²) in [4.78, 5) is 35.8. The Morgan fingerprint density at radius 3 is 2.62 bits per heavy atom. The summed E-state index contributed by atoms with van der Waals surface area (Å²) in [6.07, 6.45) is 0. The highest BCUT2D eigenvalue weighted by molar-refractivity contribution is 7.33. The molecule has 0 bridgehead atoms. The van der Waals surface area contributed by atoms with Gasteiger partial charge in [-0.2, -0.15) is 0 Å². The lowest BCUT2D eigenvalue weighted by Gasteiger charge is -2.09. The molecule has 0 saturated heterocycles. The first kappa shape index (κ1) is 18.3. The molecule has 0 unspecified atom stereocenters. The van der Waals surface area contributed by atoms with Gasteiger partial charge in [0.15, 0.2) is 6.61 Å². The molecule has 0 atom stereocenters. The van der Waals surface area contributed by atoms with Crippen molar-refractivity contribution in [3.63, 3.8) is 0 Å². The summed E-state index contributed by atoms with van der Waals surface area (Å²) in [6.45, 7) is 3.10. The van der Waals surface area contributed by atoms with Gasteiger partial charge in [-0.05, 0) is 26.0 Å². The molecule has 26 heavy (non-hydrogen) atoms. The van der Waals surface area contributed by atoms with Gasteiger partial charge in [-0.15, -0.1) is 22.7 Å². The monoisotopic (exact) mass is 390 g/mol. The first-order valence-corrected chi connectivity index (χ1v) is 9.71. The summed E-state index contributed by atoms with van der Waals surface area (Å²) >= 11 is 2.98. The van der Waals surface area contributed by atoms with Gasteiger partial charge in [0.05, 0.1) is 11.2 Å². The minimum atomic E-state index is -0.538. The highest BCUT2D eigenvalue weighted by Gasteiger charge is 2.16. The van der Waals surface area contributed by atoms with Gasteiger partial charge >= 0.3 is 5.97 Å². The quantitative estimate of drug-likeness (QED) is 0.634. The minimum absolute atomic E-state index is 0.000935. The predicted molar refractivity (Wildman–Crippen MR) is 104 cm³/mol. The number of benzene rings is 1. The van der Waals surface area contributed by atoms with Gasteiger partial charge in [-0.25, -0.2) is 4.79 Å². The van der Waals surface area contributed by atoms with Crippen LogP contribution in [0.2, 0.25) is 0 Å². The van der Waals surface area contributed by atoms with Crippen LogP contribution in [0.4, 0.5) is 0 Å². The van der Waals surface area contributed by atoms with E-state index in [0.29, 0.717) is 4.88 Å². The zero-order valence-corrected chi connectivity index (χ0v) is 16.0. The Balaban J connectivity index is 1.55. The fourth-order valence-electron chi connectivity index (χ4n) is 2.41. The van der Waals surface area contributed by atoms with Crippen molar-refractivity contribution < 1.29 is 19.1 Å². The number of amides is 2. The number of fused-ring (bicyclic) bond motifs is 3. The lowest BCUT2D eigenvalue weighted by atomic mass is 10.2. The fraction of sp³-hybridized carbons (Fsp3) is 0.278. The van der Waals surface area contributed by atoms with Crippen molar-refractivity contribution in [2.24, 2.45) is 0 Å². The van der Waals surface area contributed by atoms with Crippen LogP contribution in [0.25, 0.3) is 19.5 Å². The number of carbonyl (C=O) groups excluding carboxylic acids is 3. The topological polar surface area (TPSA) is 84.5 Å². The Morgan fingerprint density at radius 2 is 1.85 bits per heavy atom. The van der Waals surface area contributed by atoms with Crippen molar-refractivity contribution in [2.75, 3.05) is 13.2 Å². The van der Waals surface area contributed by atoms with Crippen LogP contribution < -0.4 is 10.6 Å². The molecule has 0 aliphatic carbocycles. The average molecular weight is 390 g/mol. The lowest BCUT2D eigenvalue weighted by molar-refractivity contribution is -0.128. The molecule has 0 aliphatic rings. The summed E-state index contributed by atoms with van der Waals surface area (Å²) in [7, 11) is 0. The maximum atomic E-state index is 12.2. The number of esters is 1. The van der Waals surface area contributed by atoms with Crippen LogP contribution >= 0.6 is 22.7 Å². The first-order valence-electron chi connectivity index (χ1n) is 8.08. The van der Waals surface area contributed by atoms with E-state index >= 15 is 0 Å². The third-order valence-corrected chi connectivity index (χ3v) is 5.88. The number of thiophene rings is 2. The second-order valence-electron chi connectivity index (χ2n) is 5.98. The molecule has 3 rings (SSSR count). The smallest absolute Gasteiger partial charge is 0.348 e. The summed E-state index contributed by atoms with van der Waals surface area (Å²) in [6, 6.07) is 9.81.